The zero-order chi connectivity index (χ0) is 14.5. The summed E-state index contributed by atoms with van der Waals surface area (Å²) in [5.41, 5.74) is 5.38. The van der Waals surface area contributed by atoms with Crippen LogP contribution in [-0.2, 0) is 9.59 Å². The number of nitrogens with two attached hydrogens (primary N) is 1. The summed E-state index contributed by atoms with van der Waals surface area (Å²) in [5.74, 6) is -0.271. The number of primary amides is 1. The van der Waals surface area contributed by atoms with Crippen molar-refractivity contribution < 1.29 is 9.59 Å². The standard InChI is InChI=1S/C15H27N3O2/c1-12(17-8-4-2-3-5-9-17)15(20)18-10-6-7-13(11-18)14(16)19/h12-13H,2-11H2,1H3,(H2,16,19)/t12-,13-/m0/s1. The van der Waals surface area contributed by atoms with E-state index in [1.807, 2.05) is 11.8 Å². The molecule has 0 unspecified atom stereocenters. The maximum atomic E-state index is 12.6. The molecule has 2 rings (SSSR count). The lowest BCUT2D eigenvalue weighted by atomic mass is 9.97. The molecular formula is C15H27N3O2. The van der Waals surface area contributed by atoms with E-state index in [0.717, 1.165) is 32.5 Å². The predicted octanol–water partition coefficient (Wildman–Crippen LogP) is 0.975. The topological polar surface area (TPSA) is 66.6 Å². The Morgan fingerprint density at radius 2 is 1.70 bits per heavy atom. The molecule has 2 aliphatic heterocycles. The smallest absolute Gasteiger partial charge is 0.239 e. The van der Waals surface area contributed by atoms with E-state index in [-0.39, 0.29) is 23.8 Å². The second-order valence-electron chi connectivity index (χ2n) is 6.15. The molecular weight excluding hydrogens is 254 g/mol. The molecule has 2 heterocycles. The first-order valence-electron chi connectivity index (χ1n) is 7.91. The molecule has 0 aromatic heterocycles. The Bertz CT molecular complexity index is 351. The number of carbonyl (C=O) groups is 2. The summed E-state index contributed by atoms with van der Waals surface area (Å²) < 4.78 is 0. The minimum Gasteiger partial charge on any atom is -0.369 e. The second-order valence-corrected chi connectivity index (χ2v) is 6.15. The third-order valence-corrected chi connectivity index (χ3v) is 4.68. The maximum absolute atomic E-state index is 12.6. The first-order valence-corrected chi connectivity index (χ1v) is 7.91. The van der Waals surface area contributed by atoms with Gasteiger partial charge in [-0.2, -0.15) is 0 Å². The summed E-state index contributed by atoms with van der Waals surface area (Å²) in [6.07, 6.45) is 6.60. The summed E-state index contributed by atoms with van der Waals surface area (Å²) in [6.45, 7) is 5.30. The Kier molecular flexibility index (Phi) is 5.40. The van der Waals surface area contributed by atoms with Crippen LogP contribution in [0.2, 0.25) is 0 Å². The van der Waals surface area contributed by atoms with Crippen LogP contribution in [0.3, 0.4) is 0 Å². The highest BCUT2D eigenvalue weighted by molar-refractivity contribution is 5.83. The molecule has 0 aromatic carbocycles. The average molecular weight is 281 g/mol. The van der Waals surface area contributed by atoms with Crippen molar-refractivity contribution in [1.29, 1.82) is 0 Å². The van der Waals surface area contributed by atoms with Crippen molar-refractivity contribution in [2.75, 3.05) is 26.2 Å². The molecule has 5 nitrogen and oxygen atoms in total. The fourth-order valence-corrected chi connectivity index (χ4v) is 3.31. The van der Waals surface area contributed by atoms with Gasteiger partial charge in [-0.1, -0.05) is 12.8 Å². The minimum atomic E-state index is -0.273. The van der Waals surface area contributed by atoms with Crippen LogP contribution in [0.15, 0.2) is 0 Å². The lowest BCUT2D eigenvalue weighted by Crippen LogP contribution is -2.51. The lowest BCUT2D eigenvalue weighted by molar-refractivity contribution is -0.139. The van der Waals surface area contributed by atoms with Crippen LogP contribution in [0.1, 0.15) is 45.4 Å². The SMILES string of the molecule is C[C@@H](C(=O)N1CCC[C@H](C(N)=O)C1)N1CCCCCC1. The van der Waals surface area contributed by atoms with Gasteiger partial charge in [-0.05, 0) is 45.7 Å². The number of hydrogen-bond acceptors (Lipinski definition) is 3. The predicted molar refractivity (Wildman–Crippen MR) is 78.0 cm³/mol. The van der Waals surface area contributed by atoms with Gasteiger partial charge in [0.15, 0.2) is 0 Å². The summed E-state index contributed by atoms with van der Waals surface area (Å²) >= 11 is 0. The number of hydrogen-bond donors (Lipinski definition) is 1. The molecule has 2 atom stereocenters. The Balaban J connectivity index is 1.93. The van der Waals surface area contributed by atoms with Crippen LogP contribution < -0.4 is 5.73 Å². The molecule has 2 fully saturated rings. The van der Waals surface area contributed by atoms with E-state index in [9.17, 15) is 9.59 Å². The molecule has 5 heteroatoms. The van der Waals surface area contributed by atoms with Gasteiger partial charge >= 0.3 is 0 Å². The molecule has 0 radical (unpaired) electrons. The van der Waals surface area contributed by atoms with Crippen LogP contribution >= 0.6 is 0 Å². The summed E-state index contributed by atoms with van der Waals surface area (Å²) in [5, 5.41) is 0. The van der Waals surface area contributed by atoms with E-state index in [2.05, 4.69) is 4.90 Å². The molecule has 20 heavy (non-hydrogen) atoms. The summed E-state index contributed by atoms with van der Waals surface area (Å²) in [4.78, 5) is 28.1. The number of carbonyl (C=O) groups excluding carboxylic acids is 2. The maximum Gasteiger partial charge on any atom is 0.239 e. The highest BCUT2D eigenvalue weighted by Gasteiger charge is 2.31. The number of rotatable bonds is 3. The molecule has 0 aliphatic carbocycles. The van der Waals surface area contributed by atoms with Crippen molar-refractivity contribution in [2.45, 2.75) is 51.5 Å². The summed E-state index contributed by atoms with van der Waals surface area (Å²) in [6, 6.07) is -0.0697. The molecule has 0 spiro atoms. The van der Waals surface area contributed by atoms with Crippen molar-refractivity contribution in [3.8, 4) is 0 Å². The van der Waals surface area contributed by atoms with E-state index in [0.29, 0.717) is 6.54 Å². The number of nitrogens with zero attached hydrogens (tertiary/aromatic N) is 2. The first-order chi connectivity index (χ1) is 9.59. The van der Waals surface area contributed by atoms with Crippen molar-refractivity contribution in [3.05, 3.63) is 0 Å². The number of amides is 2. The molecule has 2 saturated heterocycles. The van der Waals surface area contributed by atoms with Crippen molar-refractivity contribution >= 4 is 11.8 Å². The van der Waals surface area contributed by atoms with E-state index >= 15 is 0 Å². The van der Waals surface area contributed by atoms with E-state index in [1.165, 1.54) is 25.7 Å². The highest BCUT2D eigenvalue weighted by Crippen LogP contribution is 2.19. The number of likely N-dealkylation sites (tertiary alicyclic amines) is 2. The Labute approximate surface area is 121 Å². The molecule has 0 bridgehead atoms. The minimum absolute atomic E-state index is 0.0697. The Hall–Kier alpha value is -1.10. The van der Waals surface area contributed by atoms with Crippen LogP contribution in [0.25, 0.3) is 0 Å². The highest BCUT2D eigenvalue weighted by atomic mass is 16.2. The normalized spacial score (nSPS) is 26.9. The number of piperidine rings is 1. The Morgan fingerprint density at radius 3 is 2.30 bits per heavy atom. The van der Waals surface area contributed by atoms with Gasteiger partial charge in [-0.3, -0.25) is 14.5 Å². The quantitative estimate of drug-likeness (QED) is 0.838. The zero-order valence-electron chi connectivity index (χ0n) is 12.5. The second kappa shape index (κ2) is 7.07. The van der Waals surface area contributed by atoms with Crippen molar-refractivity contribution in [2.24, 2.45) is 11.7 Å². The molecule has 0 saturated carbocycles. The van der Waals surface area contributed by atoms with Crippen LogP contribution in [-0.4, -0.2) is 53.8 Å². The fourth-order valence-electron chi connectivity index (χ4n) is 3.31. The van der Waals surface area contributed by atoms with Gasteiger partial charge in [0, 0.05) is 13.1 Å². The van der Waals surface area contributed by atoms with Crippen LogP contribution in [0.5, 0.6) is 0 Å². The van der Waals surface area contributed by atoms with Crippen LogP contribution in [0.4, 0.5) is 0 Å². The van der Waals surface area contributed by atoms with Gasteiger partial charge in [-0.25, -0.2) is 0 Å². The molecule has 0 aromatic rings. The molecule has 114 valence electrons. The molecule has 2 aliphatic rings. The van der Waals surface area contributed by atoms with Gasteiger partial charge in [0.05, 0.1) is 12.0 Å². The van der Waals surface area contributed by atoms with E-state index in [1.54, 1.807) is 0 Å². The van der Waals surface area contributed by atoms with E-state index < -0.39 is 0 Å². The van der Waals surface area contributed by atoms with Crippen molar-refractivity contribution in [3.63, 3.8) is 0 Å². The van der Waals surface area contributed by atoms with Gasteiger partial charge in [-0.15, -0.1) is 0 Å². The summed E-state index contributed by atoms with van der Waals surface area (Å²) in [7, 11) is 0. The third kappa shape index (κ3) is 3.72. The van der Waals surface area contributed by atoms with Gasteiger partial charge in [0.25, 0.3) is 0 Å². The molecule has 2 N–H and O–H groups in total. The fraction of sp³-hybridized carbons (Fsp3) is 0.867. The van der Waals surface area contributed by atoms with Gasteiger partial charge in [0.1, 0.15) is 0 Å². The van der Waals surface area contributed by atoms with Crippen molar-refractivity contribution in [1.82, 2.24) is 9.80 Å². The van der Waals surface area contributed by atoms with Gasteiger partial charge in [0.2, 0.25) is 11.8 Å². The van der Waals surface area contributed by atoms with Gasteiger partial charge < -0.3 is 10.6 Å². The van der Waals surface area contributed by atoms with Crippen LogP contribution in [0, 0.1) is 5.92 Å². The first kappa shape index (κ1) is 15.3. The zero-order valence-corrected chi connectivity index (χ0v) is 12.5. The lowest BCUT2D eigenvalue weighted by Gasteiger charge is -2.36. The third-order valence-electron chi connectivity index (χ3n) is 4.68. The monoisotopic (exact) mass is 281 g/mol. The van der Waals surface area contributed by atoms with E-state index in [4.69, 9.17) is 5.73 Å². The Morgan fingerprint density at radius 1 is 1.05 bits per heavy atom. The molecule has 2 amide bonds. The average Bonchev–Trinajstić information content (AvgIpc) is 2.75. The largest absolute Gasteiger partial charge is 0.369 e.